The van der Waals surface area contributed by atoms with Crippen molar-refractivity contribution in [2.24, 2.45) is 0 Å². The van der Waals surface area contributed by atoms with E-state index in [-0.39, 0.29) is 18.1 Å². The summed E-state index contributed by atoms with van der Waals surface area (Å²) in [5.74, 6) is 0.113. The molecule has 2 aromatic carbocycles. The lowest BCUT2D eigenvalue weighted by Gasteiger charge is -2.11. The van der Waals surface area contributed by atoms with Crippen LogP contribution in [0.15, 0.2) is 42.5 Å². The number of hydrogen-bond donors (Lipinski definition) is 2. The molecule has 0 spiro atoms. The van der Waals surface area contributed by atoms with Gasteiger partial charge in [-0.15, -0.1) is 0 Å². The highest BCUT2D eigenvalue weighted by Crippen LogP contribution is 2.27. The topological polar surface area (TPSA) is 50.4 Å². The van der Waals surface area contributed by atoms with Gasteiger partial charge in [0.2, 0.25) is 5.91 Å². The number of amides is 1. The van der Waals surface area contributed by atoms with E-state index in [1.807, 2.05) is 0 Å². The summed E-state index contributed by atoms with van der Waals surface area (Å²) in [7, 11) is 1.52. The summed E-state index contributed by atoms with van der Waals surface area (Å²) in [5, 5.41) is 6.30. The summed E-state index contributed by atoms with van der Waals surface area (Å²) < 4.78 is 18.6. The van der Waals surface area contributed by atoms with Gasteiger partial charge < -0.3 is 15.4 Å². The second kappa shape index (κ2) is 8.50. The Kier molecular flexibility index (Phi) is 6.38. The van der Waals surface area contributed by atoms with E-state index in [9.17, 15) is 9.18 Å². The standard InChI is InChI=1S/C17H18ClFN2O2/c1-23-16-7-6-13(18)10-15(16)21-17(22)8-9-20-11-12-4-2-3-5-14(12)19/h2-7,10,20H,8-9,11H2,1H3,(H,21,22). The third-order valence-electron chi connectivity index (χ3n) is 3.24. The molecule has 6 heteroatoms. The van der Waals surface area contributed by atoms with E-state index in [0.717, 1.165) is 0 Å². The Labute approximate surface area is 139 Å². The van der Waals surface area contributed by atoms with Crippen LogP contribution in [0.2, 0.25) is 5.02 Å². The zero-order valence-corrected chi connectivity index (χ0v) is 13.5. The highest BCUT2D eigenvalue weighted by Gasteiger charge is 2.08. The van der Waals surface area contributed by atoms with Crippen molar-refractivity contribution in [3.05, 3.63) is 58.9 Å². The smallest absolute Gasteiger partial charge is 0.225 e. The van der Waals surface area contributed by atoms with Crippen molar-refractivity contribution in [2.45, 2.75) is 13.0 Å². The van der Waals surface area contributed by atoms with Gasteiger partial charge in [0.25, 0.3) is 0 Å². The van der Waals surface area contributed by atoms with Crippen molar-refractivity contribution in [2.75, 3.05) is 19.0 Å². The van der Waals surface area contributed by atoms with Crippen molar-refractivity contribution >= 4 is 23.2 Å². The van der Waals surface area contributed by atoms with E-state index in [4.69, 9.17) is 16.3 Å². The average Bonchev–Trinajstić information content (AvgIpc) is 2.53. The molecule has 0 aliphatic rings. The molecule has 23 heavy (non-hydrogen) atoms. The molecule has 0 aliphatic carbocycles. The predicted molar refractivity (Wildman–Crippen MR) is 89.4 cm³/mol. The molecule has 0 atom stereocenters. The maximum atomic E-state index is 13.4. The monoisotopic (exact) mass is 336 g/mol. The van der Waals surface area contributed by atoms with Crippen LogP contribution >= 0.6 is 11.6 Å². The van der Waals surface area contributed by atoms with Gasteiger partial charge >= 0.3 is 0 Å². The largest absolute Gasteiger partial charge is 0.495 e. The molecular formula is C17H18ClFN2O2. The predicted octanol–water partition coefficient (Wildman–Crippen LogP) is 3.61. The lowest BCUT2D eigenvalue weighted by Crippen LogP contribution is -2.22. The highest BCUT2D eigenvalue weighted by atomic mass is 35.5. The van der Waals surface area contributed by atoms with Gasteiger partial charge in [-0.3, -0.25) is 4.79 Å². The Balaban J connectivity index is 1.80. The molecule has 2 aromatic rings. The molecule has 0 heterocycles. The molecule has 0 unspecified atom stereocenters. The van der Waals surface area contributed by atoms with Crippen LogP contribution in [0.1, 0.15) is 12.0 Å². The maximum Gasteiger partial charge on any atom is 0.225 e. The number of hydrogen-bond acceptors (Lipinski definition) is 3. The van der Waals surface area contributed by atoms with Crippen LogP contribution in [-0.2, 0) is 11.3 Å². The van der Waals surface area contributed by atoms with Gasteiger partial charge in [-0.2, -0.15) is 0 Å². The molecule has 122 valence electrons. The number of nitrogens with one attached hydrogen (secondary N) is 2. The number of carbonyl (C=O) groups excluding carboxylic acids is 1. The highest BCUT2D eigenvalue weighted by molar-refractivity contribution is 6.31. The van der Waals surface area contributed by atoms with Gasteiger partial charge in [-0.1, -0.05) is 29.8 Å². The number of rotatable bonds is 7. The van der Waals surface area contributed by atoms with Crippen molar-refractivity contribution in [1.29, 1.82) is 0 Å². The molecule has 0 radical (unpaired) electrons. The number of methoxy groups -OCH3 is 1. The van der Waals surface area contributed by atoms with E-state index in [2.05, 4.69) is 10.6 Å². The molecule has 0 fully saturated rings. The van der Waals surface area contributed by atoms with Crippen molar-refractivity contribution < 1.29 is 13.9 Å². The molecule has 1 amide bonds. The van der Waals surface area contributed by atoms with Crippen molar-refractivity contribution in [3.8, 4) is 5.75 Å². The van der Waals surface area contributed by atoms with Crippen LogP contribution in [0.3, 0.4) is 0 Å². The number of anilines is 1. The zero-order valence-electron chi connectivity index (χ0n) is 12.7. The Hall–Kier alpha value is -2.11. The molecule has 4 nitrogen and oxygen atoms in total. The molecule has 2 rings (SSSR count). The minimum absolute atomic E-state index is 0.174. The first-order valence-electron chi connectivity index (χ1n) is 7.17. The van der Waals surface area contributed by atoms with Crippen LogP contribution in [-0.4, -0.2) is 19.6 Å². The number of ether oxygens (including phenoxy) is 1. The molecule has 2 N–H and O–H groups in total. The van der Waals surface area contributed by atoms with Gasteiger partial charge in [0.1, 0.15) is 11.6 Å². The third kappa shape index (κ3) is 5.23. The Morgan fingerprint density at radius 1 is 1.26 bits per heavy atom. The van der Waals surface area contributed by atoms with Crippen LogP contribution in [0, 0.1) is 5.82 Å². The SMILES string of the molecule is COc1ccc(Cl)cc1NC(=O)CCNCc1ccccc1F. The fourth-order valence-electron chi connectivity index (χ4n) is 2.06. The zero-order chi connectivity index (χ0) is 16.7. The van der Waals surface area contributed by atoms with Gasteiger partial charge in [0.05, 0.1) is 12.8 Å². The van der Waals surface area contributed by atoms with E-state index in [1.54, 1.807) is 36.4 Å². The van der Waals surface area contributed by atoms with E-state index >= 15 is 0 Å². The minimum atomic E-state index is -0.256. The van der Waals surface area contributed by atoms with Crippen LogP contribution in [0.5, 0.6) is 5.75 Å². The van der Waals surface area contributed by atoms with Gasteiger partial charge in [-0.05, 0) is 24.3 Å². The summed E-state index contributed by atoms with van der Waals surface area (Å²) in [4.78, 5) is 11.9. The normalized spacial score (nSPS) is 10.4. The Bertz CT molecular complexity index is 679. The van der Waals surface area contributed by atoms with E-state index < -0.39 is 0 Å². The van der Waals surface area contributed by atoms with Crippen LogP contribution < -0.4 is 15.4 Å². The first-order valence-corrected chi connectivity index (χ1v) is 7.55. The van der Waals surface area contributed by atoms with Crippen molar-refractivity contribution in [1.82, 2.24) is 5.32 Å². The van der Waals surface area contributed by atoms with Crippen molar-refractivity contribution in [3.63, 3.8) is 0 Å². The number of carbonyl (C=O) groups is 1. The fourth-order valence-corrected chi connectivity index (χ4v) is 2.23. The van der Waals surface area contributed by atoms with Gasteiger partial charge in [0.15, 0.2) is 0 Å². The Morgan fingerprint density at radius 2 is 2.04 bits per heavy atom. The number of benzene rings is 2. The summed E-state index contributed by atoms with van der Waals surface area (Å²) in [6, 6.07) is 11.5. The molecule has 0 aliphatic heterocycles. The fraction of sp³-hybridized carbons (Fsp3) is 0.235. The van der Waals surface area contributed by atoms with E-state index in [1.165, 1.54) is 13.2 Å². The summed E-state index contributed by atoms with van der Waals surface area (Å²) in [5.41, 5.74) is 1.10. The molecule has 0 saturated carbocycles. The lowest BCUT2D eigenvalue weighted by molar-refractivity contribution is -0.116. The van der Waals surface area contributed by atoms with Gasteiger partial charge in [0, 0.05) is 30.1 Å². The van der Waals surface area contributed by atoms with Crippen LogP contribution in [0.4, 0.5) is 10.1 Å². The minimum Gasteiger partial charge on any atom is -0.495 e. The Morgan fingerprint density at radius 3 is 2.78 bits per heavy atom. The van der Waals surface area contributed by atoms with Crippen LogP contribution in [0.25, 0.3) is 0 Å². The molecule has 0 bridgehead atoms. The first-order chi connectivity index (χ1) is 11.1. The quantitative estimate of drug-likeness (QED) is 0.759. The first kappa shape index (κ1) is 17.2. The second-order valence-electron chi connectivity index (χ2n) is 4.91. The summed E-state index contributed by atoms with van der Waals surface area (Å²) in [6.45, 7) is 0.809. The summed E-state index contributed by atoms with van der Waals surface area (Å²) >= 11 is 5.91. The molecular weight excluding hydrogens is 319 g/mol. The third-order valence-corrected chi connectivity index (χ3v) is 3.47. The number of halogens is 2. The van der Waals surface area contributed by atoms with E-state index in [0.29, 0.717) is 35.1 Å². The summed E-state index contributed by atoms with van der Waals surface area (Å²) in [6.07, 6.45) is 0.254. The van der Waals surface area contributed by atoms with Gasteiger partial charge in [-0.25, -0.2) is 4.39 Å². The lowest BCUT2D eigenvalue weighted by atomic mass is 10.2. The molecule has 0 saturated heterocycles. The molecule has 0 aromatic heterocycles. The maximum absolute atomic E-state index is 13.4. The average molecular weight is 337 g/mol. The second-order valence-corrected chi connectivity index (χ2v) is 5.35.